The zero-order valence-corrected chi connectivity index (χ0v) is 12.6. The maximum atomic E-state index is 13.5. The summed E-state index contributed by atoms with van der Waals surface area (Å²) in [6, 6.07) is 13.1. The number of rotatable bonds is 7. The molecule has 0 radical (unpaired) electrons. The van der Waals surface area contributed by atoms with Gasteiger partial charge in [0.25, 0.3) is 0 Å². The first-order valence-corrected chi connectivity index (χ1v) is 7.50. The normalized spacial score (nSPS) is 12.0. The molecule has 0 fully saturated rings. The summed E-state index contributed by atoms with van der Waals surface area (Å²) in [6.07, 6.45) is -0.0418. The predicted molar refractivity (Wildman–Crippen MR) is 83.7 cm³/mol. The number of aliphatic hydroxyl groups is 1. The molecule has 3 nitrogen and oxygen atoms in total. The lowest BCUT2D eigenvalue weighted by atomic mass is 10.1. The molecule has 0 saturated carbocycles. The van der Waals surface area contributed by atoms with Crippen LogP contribution in [-0.4, -0.2) is 17.6 Å². The Morgan fingerprint density at radius 1 is 1.09 bits per heavy atom. The molecular weight excluding hydrogens is 300 g/mol. The van der Waals surface area contributed by atoms with Gasteiger partial charge in [-0.1, -0.05) is 42.5 Å². The van der Waals surface area contributed by atoms with Gasteiger partial charge in [-0.2, -0.15) is 0 Å². The highest BCUT2D eigenvalue weighted by Crippen LogP contribution is 2.15. The summed E-state index contributed by atoms with van der Waals surface area (Å²) in [6.45, 7) is 0.320. The zero-order chi connectivity index (χ0) is 16.7. The van der Waals surface area contributed by atoms with Gasteiger partial charge in [0.2, 0.25) is 5.91 Å². The number of amides is 1. The first kappa shape index (κ1) is 17.1. The van der Waals surface area contributed by atoms with E-state index in [0.717, 1.165) is 11.6 Å². The zero-order valence-electron chi connectivity index (χ0n) is 12.6. The van der Waals surface area contributed by atoms with Gasteiger partial charge in [0.05, 0.1) is 6.10 Å². The average molecular weight is 319 g/mol. The van der Waals surface area contributed by atoms with Gasteiger partial charge in [0.15, 0.2) is 11.6 Å². The van der Waals surface area contributed by atoms with Crippen LogP contribution in [0.5, 0.6) is 0 Å². The molecule has 2 rings (SSSR count). The Bertz CT molecular complexity index is 647. The molecule has 0 bridgehead atoms. The van der Waals surface area contributed by atoms with E-state index in [2.05, 4.69) is 5.32 Å². The topological polar surface area (TPSA) is 49.3 Å². The molecule has 2 aromatic rings. The molecule has 5 heteroatoms. The quantitative estimate of drug-likeness (QED) is 0.824. The second-order valence-corrected chi connectivity index (χ2v) is 5.28. The molecular formula is C18H19F2NO2. The van der Waals surface area contributed by atoms with Crippen molar-refractivity contribution in [2.75, 3.05) is 6.54 Å². The fraction of sp³-hybridized carbons (Fsp3) is 0.278. The lowest BCUT2D eigenvalue weighted by Crippen LogP contribution is -2.26. The van der Waals surface area contributed by atoms with Crippen LogP contribution in [0.15, 0.2) is 48.5 Å². The first-order chi connectivity index (χ1) is 11.1. The second kappa shape index (κ2) is 8.39. The largest absolute Gasteiger partial charge is 0.388 e. The highest BCUT2D eigenvalue weighted by molar-refractivity contribution is 5.76. The van der Waals surface area contributed by atoms with Gasteiger partial charge < -0.3 is 10.4 Å². The lowest BCUT2D eigenvalue weighted by molar-refractivity contribution is -0.121. The third-order valence-electron chi connectivity index (χ3n) is 3.58. The van der Waals surface area contributed by atoms with E-state index in [1.165, 1.54) is 12.1 Å². The van der Waals surface area contributed by atoms with Crippen molar-refractivity contribution >= 4 is 5.91 Å². The molecule has 0 aromatic heterocycles. The van der Waals surface area contributed by atoms with E-state index in [1.807, 2.05) is 30.3 Å². The smallest absolute Gasteiger partial charge is 0.220 e. The number of benzene rings is 2. The molecule has 0 aliphatic rings. The standard InChI is InChI=1S/C18H19F2NO2/c19-15-8-4-7-14(18(15)20)9-10-17(23)21-12-11-16(22)13-5-2-1-3-6-13/h1-8,16,22H,9-12H2,(H,21,23). The Morgan fingerprint density at radius 3 is 2.57 bits per heavy atom. The molecule has 1 amide bonds. The van der Waals surface area contributed by atoms with E-state index in [0.29, 0.717) is 13.0 Å². The Hall–Kier alpha value is -2.27. The molecule has 0 aliphatic heterocycles. The molecule has 1 unspecified atom stereocenters. The molecule has 0 heterocycles. The summed E-state index contributed by atoms with van der Waals surface area (Å²) >= 11 is 0. The third kappa shape index (κ3) is 5.14. The molecule has 122 valence electrons. The number of halogens is 2. The van der Waals surface area contributed by atoms with Gasteiger partial charge >= 0.3 is 0 Å². The molecule has 1 atom stereocenters. The van der Waals surface area contributed by atoms with Crippen molar-refractivity contribution in [1.82, 2.24) is 5.32 Å². The maximum absolute atomic E-state index is 13.5. The number of aliphatic hydroxyl groups excluding tert-OH is 1. The van der Waals surface area contributed by atoms with Crippen molar-refractivity contribution in [2.45, 2.75) is 25.4 Å². The van der Waals surface area contributed by atoms with Crippen molar-refractivity contribution in [3.05, 3.63) is 71.3 Å². The van der Waals surface area contributed by atoms with E-state index >= 15 is 0 Å². The highest BCUT2D eigenvalue weighted by Gasteiger charge is 2.11. The summed E-state index contributed by atoms with van der Waals surface area (Å²) in [4.78, 5) is 11.7. The number of carbonyl (C=O) groups excluding carboxylic acids is 1. The minimum atomic E-state index is -0.908. The van der Waals surface area contributed by atoms with E-state index in [1.54, 1.807) is 0 Å². The van der Waals surface area contributed by atoms with E-state index < -0.39 is 17.7 Å². The van der Waals surface area contributed by atoms with Gasteiger partial charge in [-0.05, 0) is 30.0 Å². The van der Waals surface area contributed by atoms with E-state index in [9.17, 15) is 18.7 Å². The van der Waals surface area contributed by atoms with Crippen LogP contribution in [0.2, 0.25) is 0 Å². The maximum Gasteiger partial charge on any atom is 0.220 e. The van der Waals surface area contributed by atoms with Gasteiger partial charge in [-0.3, -0.25) is 4.79 Å². The van der Waals surface area contributed by atoms with E-state index in [-0.39, 0.29) is 24.3 Å². The summed E-state index contributed by atoms with van der Waals surface area (Å²) in [5, 5.41) is 12.6. The Kier molecular flexibility index (Phi) is 6.23. The minimum Gasteiger partial charge on any atom is -0.388 e. The SMILES string of the molecule is O=C(CCc1cccc(F)c1F)NCCC(O)c1ccccc1. The van der Waals surface area contributed by atoms with Crippen LogP contribution in [0.4, 0.5) is 8.78 Å². The van der Waals surface area contributed by atoms with Crippen LogP contribution >= 0.6 is 0 Å². The predicted octanol–water partition coefficient (Wildman–Crippen LogP) is 3.14. The van der Waals surface area contributed by atoms with Crippen LogP contribution in [0.3, 0.4) is 0 Å². The first-order valence-electron chi connectivity index (χ1n) is 7.50. The van der Waals surface area contributed by atoms with Crippen LogP contribution in [0, 0.1) is 11.6 Å². The molecule has 2 N–H and O–H groups in total. The molecule has 0 aliphatic carbocycles. The Morgan fingerprint density at radius 2 is 1.83 bits per heavy atom. The molecule has 0 spiro atoms. The fourth-order valence-electron chi connectivity index (χ4n) is 2.27. The lowest BCUT2D eigenvalue weighted by Gasteiger charge is -2.11. The van der Waals surface area contributed by atoms with Gasteiger partial charge in [0, 0.05) is 13.0 Å². The monoisotopic (exact) mass is 319 g/mol. The third-order valence-corrected chi connectivity index (χ3v) is 3.58. The molecule has 23 heavy (non-hydrogen) atoms. The van der Waals surface area contributed by atoms with Crippen molar-refractivity contribution in [1.29, 1.82) is 0 Å². The van der Waals surface area contributed by atoms with Crippen molar-refractivity contribution in [3.8, 4) is 0 Å². The summed E-state index contributed by atoms with van der Waals surface area (Å²) in [5.41, 5.74) is 0.980. The van der Waals surface area contributed by atoms with Crippen LogP contribution in [0.1, 0.15) is 30.1 Å². The number of hydrogen-bond donors (Lipinski definition) is 2. The fourth-order valence-corrected chi connectivity index (χ4v) is 2.27. The van der Waals surface area contributed by atoms with Gasteiger partial charge in [-0.15, -0.1) is 0 Å². The Balaban J connectivity index is 1.72. The summed E-state index contributed by atoms with van der Waals surface area (Å²) < 4.78 is 26.5. The Labute approximate surface area is 134 Å². The highest BCUT2D eigenvalue weighted by atomic mass is 19.2. The number of aryl methyl sites for hydroxylation is 1. The number of carbonyl (C=O) groups is 1. The number of nitrogens with one attached hydrogen (secondary N) is 1. The van der Waals surface area contributed by atoms with Crippen LogP contribution < -0.4 is 5.32 Å². The summed E-state index contributed by atoms with van der Waals surface area (Å²) in [7, 11) is 0. The van der Waals surface area contributed by atoms with Crippen LogP contribution in [0.25, 0.3) is 0 Å². The average Bonchev–Trinajstić information content (AvgIpc) is 2.57. The van der Waals surface area contributed by atoms with Crippen molar-refractivity contribution < 1.29 is 18.7 Å². The number of hydrogen-bond acceptors (Lipinski definition) is 2. The van der Waals surface area contributed by atoms with Crippen LogP contribution in [-0.2, 0) is 11.2 Å². The van der Waals surface area contributed by atoms with E-state index in [4.69, 9.17) is 0 Å². The molecule has 0 saturated heterocycles. The second-order valence-electron chi connectivity index (χ2n) is 5.28. The molecule has 2 aromatic carbocycles. The van der Waals surface area contributed by atoms with Gasteiger partial charge in [0.1, 0.15) is 0 Å². The van der Waals surface area contributed by atoms with Crippen molar-refractivity contribution in [2.24, 2.45) is 0 Å². The van der Waals surface area contributed by atoms with Gasteiger partial charge in [-0.25, -0.2) is 8.78 Å². The minimum absolute atomic E-state index is 0.0712. The van der Waals surface area contributed by atoms with Crippen molar-refractivity contribution in [3.63, 3.8) is 0 Å². The summed E-state index contributed by atoms with van der Waals surface area (Å²) in [5.74, 6) is -2.07.